The van der Waals surface area contributed by atoms with E-state index in [-0.39, 0.29) is 6.09 Å². The Kier molecular flexibility index (Phi) is 5.41. The zero-order valence-corrected chi connectivity index (χ0v) is 16.4. The smallest absolute Gasteiger partial charge is 0.410 e. The van der Waals surface area contributed by atoms with E-state index in [0.717, 1.165) is 30.8 Å². The molecule has 0 unspecified atom stereocenters. The number of piperidine rings is 1. The third-order valence-corrected chi connectivity index (χ3v) is 5.84. The molecule has 7 heteroatoms. The Bertz CT molecular complexity index is 818. The number of hydrogen-bond donors (Lipinski definition) is 0. The number of fused-ring (bicyclic) bond motifs is 1. The molecule has 142 valence electrons. The molecule has 2 saturated heterocycles. The number of carbonyl (C=O) groups is 1. The summed E-state index contributed by atoms with van der Waals surface area (Å²) in [6.45, 7) is 2.58. The van der Waals surface area contributed by atoms with Crippen LogP contribution in [0.25, 0.3) is 0 Å². The van der Waals surface area contributed by atoms with Crippen LogP contribution in [0, 0.1) is 5.92 Å². The summed E-state index contributed by atoms with van der Waals surface area (Å²) >= 11 is 12.3. The molecule has 4 rings (SSSR count). The van der Waals surface area contributed by atoms with Crippen molar-refractivity contribution in [3.05, 3.63) is 58.2 Å². The number of likely N-dealkylation sites (tertiary alicyclic amines) is 1. The molecule has 2 aliphatic rings. The lowest BCUT2D eigenvalue weighted by atomic mass is 9.93. The maximum absolute atomic E-state index is 12.4. The van der Waals surface area contributed by atoms with Gasteiger partial charge in [0.2, 0.25) is 0 Å². The third kappa shape index (κ3) is 3.99. The van der Waals surface area contributed by atoms with Crippen molar-refractivity contribution >= 4 is 35.1 Å². The molecule has 2 fully saturated rings. The highest BCUT2D eigenvalue weighted by Crippen LogP contribution is 2.37. The molecule has 5 nitrogen and oxygen atoms in total. The number of anilines is 1. The molecular weight excluding hydrogens is 385 g/mol. The van der Waals surface area contributed by atoms with Gasteiger partial charge in [0, 0.05) is 31.9 Å². The zero-order chi connectivity index (χ0) is 18.8. The van der Waals surface area contributed by atoms with Crippen LogP contribution in [-0.2, 0) is 11.3 Å². The lowest BCUT2D eigenvalue weighted by Gasteiger charge is -2.38. The number of hydrogen-bond acceptors (Lipinski definition) is 4. The van der Waals surface area contributed by atoms with Crippen LogP contribution in [0.2, 0.25) is 10.0 Å². The predicted octanol–water partition coefficient (Wildman–Crippen LogP) is 4.63. The van der Waals surface area contributed by atoms with E-state index in [9.17, 15) is 4.79 Å². The normalized spacial score (nSPS) is 21.9. The van der Waals surface area contributed by atoms with Gasteiger partial charge in [-0.1, -0.05) is 53.5 Å². The molecule has 0 N–H and O–H groups in total. The number of carbonyl (C=O) groups excluding carboxylic acids is 1. The van der Waals surface area contributed by atoms with Crippen LogP contribution in [0.3, 0.4) is 0 Å². The summed E-state index contributed by atoms with van der Waals surface area (Å²) in [4.78, 5) is 21.0. The van der Waals surface area contributed by atoms with Gasteiger partial charge in [0.25, 0.3) is 0 Å². The van der Waals surface area contributed by atoms with Gasteiger partial charge in [0.05, 0.1) is 10.0 Å². The van der Waals surface area contributed by atoms with Gasteiger partial charge in [-0.3, -0.25) is 0 Å². The van der Waals surface area contributed by atoms with Crippen molar-refractivity contribution in [3.8, 4) is 0 Å². The molecule has 0 saturated carbocycles. The first-order valence-corrected chi connectivity index (χ1v) is 9.91. The van der Waals surface area contributed by atoms with Crippen LogP contribution in [0.15, 0.2) is 42.6 Å². The molecule has 0 bridgehead atoms. The summed E-state index contributed by atoms with van der Waals surface area (Å²) in [5, 5.41) is 1.11. The topological polar surface area (TPSA) is 45.7 Å². The summed E-state index contributed by atoms with van der Waals surface area (Å²) in [7, 11) is 0. The molecular formula is C20H21Cl2N3O2. The largest absolute Gasteiger partial charge is 0.445 e. The van der Waals surface area contributed by atoms with E-state index in [0.29, 0.717) is 41.7 Å². The monoisotopic (exact) mass is 405 g/mol. The minimum absolute atomic E-state index is 0.238. The second kappa shape index (κ2) is 7.95. The summed E-state index contributed by atoms with van der Waals surface area (Å²) in [6.07, 6.45) is 3.28. The lowest BCUT2D eigenvalue weighted by Crippen LogP contribution is -2.48. The molecule has 2 atom stereocenters. The number of benzene rings is 1. The Labute approximate surface area is 168 Å². The zero-order valence-electron chi connectivity index (χ0n) is 14.9. The Morgan fingerprint density at radius 1 is 1.19 bits per heavy atom. The second-order valence-electron chi connectivity index (χ2n) is 7.04. The Hall–Kier alpha value is -1.98. The molecule has 0 aliphatic carbocycles. The molecule has 3 heterocycles. The van der Waals surface area contributed by atoms with Gasteiger partial charge < -0.3 is 14.5 Å². The molecule has 0 spiro atoms. The van der Waals surface area contributed by atoms with E-state index in [1.165, 1.54) is 0 Å². The van der Waals surface area contributed by atoms with Crippen molar-refractivity contribution in [2.24, 2.45) is 5.92 Å². The van der Waals surface area contributed by atoms with E-state index in [2.05, 4.69) is 9.88 Å². The van der Waals surface area contributed by atoms with E-state index in [1.807, 2.05) is 35.2 Å². The van der Waals surface area contributed by atoms with E-state index in [4.69, 9.17) is 27.9 Å². The minimum Gasteiger partial charge on any atom is -0.445 e. The first kappa shape index (κ1) is 18.4. The SMILES string of the molecule is O=C(OCc1ccccc1)N1CC[C@H]2[C@H](CCN2c2ncc(Cl)cc2Cl)C1. The first-order valence-electron chi connectivity index (χ1n) is 9.15. The number of ether oxygens (including phenoxy) is 1. The fourth-order valence-corrected chi connectivity index (χ4v) is 4.53. The van der Waals surface area contributed by atoms with Gasteiger partial charge >= 0.3 is 6.09 Å². The van der Waals surface area contributed by atoms with Crippen LogP contribution in [0.5, 0.6) is 0 Å². The second-order valence-corrected chi connectivity index (χ2v) is 7.89. The average Bonchev–Trinajstić information content (AvgIpc) is 3.10. The fraction of sp³-hybridized carbons (Fsp3) is 0.400. The summed E-state index contributed by atoms with van der Waals surface area (Å²) in [5.74, 6) is 1.19. The van der Waals surface area contributed by atoms with Crippen molar-refractivity contribution in [1.82, 2.24) is 9.88 Å². The van der Waals surface area contributed by atoms with E-state index < -0.39 is 0 Å². The van der Waals surface area contributed by atoms with Gasteiger partial charge in [0.15, 0.2) is 0 Å². The maximum Gasteiger partial charge on any atom is 0.410 e. The summed E-state index contributed by atoms with van der Waals surface area (Å²) in [6, 6.07) is 11.8. The first-order chi connectivity index (χ1) is 13.1. The molecule has 27 heavy (non-hydrogen) atoms. The van der Waals surface area contributed by atoms with Crippen molar-refractivity contribution < 1.29 is 9.53 Å². The highest BCUT2D eigenvalue weighted by molar-refractivity contribution is 6.36. The van der Waals surface area contributed by atoms with Crippen molar-refractivity contribution in [3.63, 3.8) is 0 Å². The summed E-state index contributed by atoms with van der Waals surface area (Å²) < 4.78 is 5.49. The molecule has 2 aliphatic heterocycles. The third-order valence-electron chi connectivity index (χ3n) is 5.36. The van der Waals surface area contributed by atoms with Crippen LogP contribution in [0.4, 0.5) is 10.6 Å². The molecule has 1 amide bonds. The van der Waals surface area contributed by atoms with Crippen molar-refractivity contribution in [1.29, 1.82) is 0 Å². The highest BCUT2D eigenvalue weighted by atomic mass is 35.5. The lowest BCUT2D eigenvalue weighted by molar-refractivity contribution is 0.0780. The fourth-order valence-electron chi connectivity index (χ4n) is 4.04. The molecule has 1 aromatic carbocycles. The van der Waals surface area contributed by atoms with Crippen LogP contribution in [0.1, 0.15) is 18.4 Å². The average molecular weight is 406 g/mol. The van der Waals surface area contributed by atoms with Gasteiger partial charge in [-0.15, -0.1) is 0 Å². The molecule has 2 aromatic rings. The highest BCUT2D eigenvalue weighted by Gasteiger charge is 2.41. The van der Waals surface area contributed by atoms with E-state index >= 15 is 0 Å². The summed E-state index contributed by atoms with van der Waals surface area (Å²) in [5.41, 5.74) is 0.997. The van der Waals surface area contributed by atoms with E-state index in [1.54, 1.807) is 12.3 Å². The van der Waals surface area contributed by atoms with Gasteiger partial charge in [0.1, 0.15) is 12.4 Å². The number of halogens is 2. The molecule has 0 radical (unpaired) electrons. The van der Waals surface area contributed by atoms with Gasteiger partial charge in [-0.2, -0.15) is 0 Å². The van der Waals surface area contributed by atoms with Gasteiger partial charge in [-0.05, 0) is 30.4 Å². The molecule has 1 aromatic heterocycles. The van der Waals surface area contributed by atoms with Gasteiger partial charge in [-0.25, -0.2) is 9.78 Å². The number of nitrogens with zero attached hydrogens (tertiary/aromatic N) is 3. The Balaban J connectivity index is 1.36. The Morgan fingerprint density at radius 3 is 2.78 bits per heavy atom. The maximum atomic E-state index is 12.4. The van der Waals surface area contributed by atoms with Crippen LogP contribution < -0.4 is 4.90 Å². The van der Waals surface area contributed by atoms with Crippen molar-refractivity contribution in [2.45, 2.75) is 25.5 Å². The van der Waals surface area contributed by atoms with Crippen LogP contribution in [-0.4, -0.2) is 41.7 Å². The quantitative estimate of drug-likeness (QED) is 0.746. The minimum atomic E-state index is -0.238. The Morgan fingerprint density at radius 2 is 2.00 bits per heavy atom. The standard InChI is InChI=1S/C20H21Cl2N3O2/c21-16-10-17(22)19(23-11-16)25-9-6-15-12-24(8-7-18(15)25)20(26)27-13-14-4-2-1-3-5-14/h1-5,10-11,15,18H,6-9,12-13H2/t15-,18+/m1/s1. The van der Waals surface area contributed by atoms with Crippen LogP contribution >= 0.6 is 23.2 Å². The number of pyridine rings is 1. The van der Waals surface area contributed by atoms with Crippen molar-refractivity contribution in [2.75, 3.05) is 24.5 Å². The number of aromatic nitrogens is 1. The number of amides is 1. The number of rotatable bonds is 3. The predicted molar refractivity (Wildman–Crippen MR) is 106 cm³/mol.